The van der Waals surface area contributed by atoms with E-state index in [1.54, 1.807) is 0 Å². The summed E-state index contributed by atoms with van der Waals surface area (Å²) in [6, 6.07) is 0. The van der Waals surface area contributed by atoms with E-state index in [9.17, 15) is 4.79 Å². The van der Waals surface area contributed by atoms with Crippen LogP contribution in [0.3, 0.4) is 0 Å². The van der Waals surface area contributed by atoms with E-state index in [0.29, 0.717) is 0 Å². The molecule has 90 valence electrons. The first-order chi connectivity index (χ1) is 7.61. The lowest BCUT2D eigenvalue weighted by Crippen LogP contribution is -2.32. The van der Waals surface area contributed by atoms with Gasteiger partial charge in [0.25, 0.3) is 0 Å². The van der Waals surface area contributed by atoms with E-state index >= 15 is 0 Å². The molecule has 2 aliphatic heterocycles. The molecule has 2 saturated heterocycles. The molecule has 0 aromatic rings. The highest BCUT2D eigenvalue weighted by molar-refractivity contribution is 9.09. The fraction of sp³-hybridized carbons (Fsp3) is 0.889. The van der Waals surface area contributed by atoms with Crippen LogP contribution in [0.25, 0.3) is 0 Å². The van der Waals surface area contributed by atoms with Gasteiger partial charge >= 0.3 is 13.1 Å². The molecule has 2 aliphatic rings. The molecule has 4 atom stereocenters. The lowest BCUT2D eigenvalue weighted by Gasteiger charge is -2.16. The summed E-state index contributed by atoms with van der Waals surface area (Å²) in [5, 5.41) is -0.199. The van der Waals surface area contributed by atoms with Gasteiger partial charge in [-0.05, 0) is 6.32 Å². The summed E-state index contributed by atoms with van der Waals surface area (Å²) in [6.07, 6.45) is 0.265. The maximum absolute atomic E-state index is 10.7. The SMILES string of the molecule is CCB1O[C@@H]2[C@H](O1)[C@@H](Br)O[C@@H]2COC(C)=O. The third-order valence-corrected chi connectivity index (χ3v) is 3.39. The van der Waals surface area contributed by atoms with Crippen molar-refractivity contribution >= 4 is 29.0 Å². The van der Waals surface area contributed by atoms with Crippen LogP contribution in [0.2, 0.25) is 6.32 Å². The first kappa shape index (κ1) is 12.4. The predicted octanol–water partition coefficient (Wildman–Crippen LogP) is 0.961. The van der Waals surface area contributed by atoms with E-state index in [2.05, 4.69) is 15.9 Å². The lowest BCUT2D eigenvalue weighted by atomic mass is 9.87. The Kier molecular flexibility index (Phi) is 3.89. The molecule has 2 rings (SSSR count). The predicted molar refractivity (Wildman–Crippen MR) is 60.2 cm³/mol. The highest BCUT2D eigenvalue weighted by Crippen LogP contribution is 2.36. The molecule has 0 spiro atoms. The van der Waals surface area contributed by atoms with Crippen molar-refractivity contribution < 1.29 is 23.6 Å². The van der Waals surface area contributed by atoms with Crippen molar-refractivity contribution in [1.29, 1.82) is 0 Å². The monoisotopic (exact) mass is 292 g/mol. The Hall–Kier alpha value is -0.105. The largest absolute Gasteiger partial charge is 0.463 e. The molecule has 0 saturated carbocycles. The molecule has 16 heavy (non-hydrogen) atoms. The number of carbonyl (C=O) groups is 1. The Balaban J connectivity index is 1.93. The summed E-state index contributed by atoms with van der Waals surface area (Å²) in [5.74, 6) is -0.316. The number of esters is 1. The third kappa shape index (κ3) is 2.42. The van der Waals surface area contributed by atoms with Crippen molar-refractivity contribution in [3.63, 3.8) is 0 Å². The average molecular weight is 293 g/mol. The third-order valence-electron chi connectivity index (χ3n) is 2.66. The Morgan fingerprint density at radius 3 is 2.75 bits per heavy atom. The van der Waals surface area contributed by atoms with Crippen molar-refractivity contribution in [1.82, 2.24) is 0 Å². The Bertz CT molecular complexity index is 277. The zero-order valence-corrected chi connectivity index (χ0v) is 10.8. The number of alkyl halides is 1. The van der Waals surface area contributed by atoms with Gasteiger partial charge in [0, 0.05) is 6.92 Å². The zero-order chi connectivity index (χ0) is 11.7. The molecule has 0 aromatic carbocycles. The number of hydrogen-bond acceptors (Lipinski definition) is 5. The molecule has 2 heterocycles. The van der Waals surface area contributed by atoms with Gasteiger partial charge in [0.05, 0.1) is 0 Å². The Labute approximate surface area is 103 Å². The van der Waals surface area contributed by atoms with E-state index in [1.165, 1.54) is 6.92 Å². The van der Waals surface area contributed by atoms with E-state index < -0.39 is 0 Å². The Morgan fingerprint density at radius 2 is 2.12 bits per heavy atom. The number of halogens is 1. The topological polar surface area (TPSA) is 54.0 Å². The maximum Gasteiger partial charge on any atom is 0.457 e. The summed E-state index contributed by atoms with van der Waals surface area (Å²) in [5.41, 5.74) is 0. The van der Waals surface area contributed by atoms with Crippen LogP contribution in [0.5, 0.6) is 0 Å². The second kappa shape index (κ2) is 5.04. The van der Waals surface area contributed by atoms with Gasteiger partial charge in [0.1, 0.15) is 29.9 Å². The lowest BCUT2D eigenvalue weighted by molar-refractivity contribution is -0.145. The molecule has 7 heteroatoms. The standard InChI is InChI=1S/C9H14BBrO5/c1-3-10-15-7-6(4-13-5(2)12)14-9(11)8(7)16-10/h6-9H,3-4H2,1-2H3/t6-,7+,8+,9+/m1/s1. The van der Waals surface area contributed by atoms with Crippen LogP contribution in [0.1, 0.15) is 13.8 Å². The van der Waals surface area contributed by atoms with Crippen LogP contribution in [0.4, 0.5) is 0 Å². The van der Waals surface area contributed by atoms with Crippen molar-refractivity contribution in [3.05, 3.63) is 0 Å². The number of fused-ring (bicyclic) bond motifs is 1. The van der Waals surface area contributed by atoms with E-state index in [1.807, 2.05) is 6.92 Å². The number of hydrogen-bond donors (Lipinski definition) is 0. The van der Waals surface area contributed by atoms with Crippen molar-refractivity contribution in [2.45, 2.75) is 43.5 Å². The first-order valence-corrected chi connectivity index (χ1v) is 6.27. The van der Waals surface area contributed by atoms with Crippen LogP contribution in [0.15, 0.2) is 0 Å². The van der Waals surface area contributed by atoms with Crippen LogP contribution < -0.4 is 0 Å². The minimum atomic E-state index is -0.316. The maximum atomic E-state index is 10.7. The summed E-state index contributed by atoms with van der Waals surface area (Å²) < 4.78 is 21.8. The molecular weight excluding hydrogens is 279 g/mol. The van der Waals surface area contributed by atoms with Crippen molar-refractivity contribution in [2.24, 2.45) is 0 Å². The number of rotatable bonds is 3. The smallest absolute Gasteiger partial charge is 0.457 e. The molecule has 0 N–H and O–H groups in total. The van der Waals surface area contributed by atoms with E-state index in [-0.39, 0.29) is 43.0 Å². The minimum absolute atomic E-state index is 0.120. The number of ether oxygens (including phenoxy) is 2. The van der Waals surface area contributed by atoms with Gasteiger partial charge in [-0.2, -0.15) is 0 Å². The molecule has 0 aliphatic carbocycles. The highest BCUT2D eigenvalue weighted by Gasteiger charge is 2.52. The van der Waals surface area contributed by atoms with Crippen LogP contribution >= 0.6 is 15.9 Å². The molecule has 0 radical (unpaired) electrons. The van der Waals surface area contributed by atoms with E-state index in [4.69, 9.17) is 18.8 Å². The fourth-order valence-electron chi connectivity index (χ4n) is 1.90. The fourth-order valence-corrected chi connectivity index (χ4v) is 2.60. The quantitative estimate of drug-likeness (QED) is 0.441. The van der Waals surface area contributed by atoms with Gasteiger partial charge in [-0.3, -0.25) is 4.79 Å². The van der Waals surface area contributed by atoms with E-state index in [0.717, 1.165) is 6.32 Å². The van der Waals surface area contributed by atoms with Gasteiger partial charge in [-0.15, -0.1) is 0 Å². The van der Waals surface area contributed by atoms with Crippen molar-refractivity contribution in [3.8, 4) is 0 Å². The van der Waals surface area contributed by atoms with Gasteiger partial charge < -0.3 is 18.8 Å². The Morgan fingerprint density at radius 1 is 1.44 bits per heavy atom. The molecular formula is C9H14BBrO5. The van der Waals surface area contributed by atoms with Crippen LogP contribution in [-0.4, -0.2) is 43.0 Å². The summed E-state index contributed by atoms with van der Waals surface area (Å²) in [4.78, 5) is 10.7. The summed E-state index contributed by atoms with van der Waals surface area (Å²) in [6.45, 7) is 3.58. The van der Waals surface area contributed by atoms with Crippen molar-refractivity contribution in [2.75, 3.05) is 6.61 Å². The van der Waals surface area contributed by atoms with Gasteiger partial charge in [-0.1, -0.05) is 22.9 Å². The molecule has 0 aromatic heterocycles. The number of carbonyl (C=O) groups excluding carboxylic acids is 1. The zero-order valence-electron chi connectivity index (χ0n) is 9.22. The second-order valence-electron chi connectivity index (χ2n) is 3.87. The summed E-state index contributed by atoms with van der Waals surface area (Å²) >= 11 is 3.38. The molecule has 2 fully saturated rings. The minimum Gasteiger partial charge on any atom is -0.463 e. The molecule has 5 nitrogen and oxygen atoms in total. The van der Waals surface area contributed by atoms with Crippen LogP contribution in [0, 0.1) is 0 Å². The second-order valence-corrected chi connectivity index (χ2v) is 4.77. The first-order valence-electron chi connectivity index (χ1n) is 5.35. The molecule has 0 amide bonds. The molecule has 0 bridgehead atoms. The highest BCUT2D eigenvalue weighted by atomic mass is 79.9. The van der Waals surface area contributed by atoms with Gasteiger partial charge in [0.15, 0.2) is 0 Å². The average Bonchev–Trinajstić information content (AvgIpc) is 2.77. The normalized spacial score (nSPS) is 37.6. The summed E-state index contributed by atoms with van der Waals surface area (Å²) in [7, 11) is -0.182. The molecule has 0 unspecified atom stereocenters. The van der Waals surface area contributed by atoms with Gasteiger partial charge in [-0.25, -0.2) is 0 Å². The van der Waals surface area contributed by atoms with Crippen LogP contribution in [-0.2, 0) is 23.6 Å². The van der Waals surface area contributed by atoms with Gasteiger partial charge in [0.2, 0.25) is 0 Å².